The van der Waals surface area contributed by atoms with Gasteiger partial charge in [-0.15, -0.1) is 23.2 Å². The highest BCUT2D eigenvalue weighted by Gasteiger charge is 2.36. The van der Waals surface area contributed by atoms with Gasteiger partial charge in [0.05, 0.1) is 5.38 Å². The van der Waals surface area contributed by atoms with Gasteiger partial charge in [0, 0.05) is 5.38 Å². The minimum absolute atomic E-state index is 0.0761. The molecule has 3 unspecified atom stereocenters. The normalized spacial score (nSPS) is 24.2. The van der Waals surface area contributed by atoms with E-state index in [1.807, 2.05) is 0 Å². The van der Waals surface area contributed by atoms with E-state index in [0.29, 0.717) is 12.3 Å². The highest BCUT2D eigenvalue weighted by atomic mass is 35.5. The molecule has 3 atom stereocenters. The molecule has 92 valence electrons. The second-order valence-electron chi connectivity index (χ2n) is 4.42. The Morgan fingerprint density at radius 3 is 2.31 bits per heavy atom. The highest BCUT2D eigenvalue weighted by molar-refractivity contribution is 6.25. The molecule has 1 fully saturated rings. The van der Waals surface area contributed by atoms with Crippen LogP contribution in [0.3, 0.4) is 0 Å². The summed E-state index contributed by atoms with van der Waals surface area (Å²) in [4.78, 5) is 22.2. The lowest BCUT2D eigenvalue weighted by atomic mass is 10.0. The van der Waals surface area contributed by atoms with E-state index in [1.165, 1.54) is 0 Å². The fraction of sp³-hybridized carbons (Fsp3) is 0.800. The third-order valence-corrected chi connectivity index (χ3v) is 3.16. The molecule has 16 heavy (non-hydrogen) atoms. The van der Waals surface area contributed by atoms with Gasteiger partial charge in [0.2, 0.25) is 0 Å². The van der Waals surface area contributed by atoms with E-state index in [0.717, 1.165) is 6.42 Å². The third-order valence-electron chi connectivity index (χ3n) is 2.38. The molecule has 0 aromatic rings. The molecule has 3 amide bonds. The first-order valence-electron chi connectivity index (χ1n) is 5.29. The molecule has 1 saturated heterocycles. The maximum atomic E-state index is 11.3. The zero-order valence-electron chi connectivity index (χ0n) is 9.30. The first-order valence-corrected chi connectivity index (χ1v) is 6.17. The Balaban J connectivity index is 2.43. The van der Waals surface area contributed by atoms with Crippen LogP contribution in [-0.2, 0) is 4.79 Å². The summed E-state index contributed by atoms with van der Waals surface area (Å²) >= 11 is 12.2. The molecule has 2 N–H and O–H groups in total. The molecule has 6 heteroatoms. The Morgan fingerprint density at radius 1 is 1.25 bits per heavy atom. The zero-order valence-corrected chi connectivity index (χ0v) is 10.8. The molecule has 0 aromatic heterocycles. The molecule has 1 rings (SSSR count). The van der Waals surface area contributed by atoms with Crippen LogP contribution < -0.4 is 10.6 Å². The number of urea groups is 1. The Morgan fingerprint density at radius 2 is 1.88 bits per heavy atom. The second-order valence-corrected chi connectivity index (χ2v) is 5.60. The summed E-state index contributed by atoms with van der Waals surface area (Å²) in [5.74, 6) is 0.108. The van der Waals surface area contributed by atoms with Crippen LogP contribution in [0.1, 0.15) is 26.7 Å². The minimum atomic E-state index is -0.664. The quantitative estimate of drug-likeness (QED) is 0.590. The fourth-order valence-electron chi connectivity index (χ4n) is 1.68. The largest absolute Gasteiger partial charge is 0.324 e. The number of imide groups is 1. The number of amides is 3. The highest BCUT2D eigenvalue weighted by Crippen LogP contribution is 2.21. The molecule has 1 aliphatic heterocycles. The standard InChI is InChI=1S/C10H16Cl2N2O2/c1-5(2)3-6(11)4-7(12)8-9(15)14-10(16)13-8/h5-8H,3-4H2,1-2H3,(H2,13,14,15,16). The Labute approximate surface area is 105 Å². The number of carbonyl (C=O) groups is 2. The summed E-state index contributed by atoms with van der Waals surface area (Å²) in [5.41, 5.74) is 0. The van der Waals surface area contributed by atoms with Crippen molar-refractivity contribution in [3.8, 4) is 0 Å². The summed E-state index contributed by atoms with van der Waals surface area (Å²) in [6.07, 6.45) is 1.34. The molecule has 0 spiro atoms. The van der Waals surface area contributed by atoms with Gasteiger partial charge < -0.3 is 5.32 Å². The first-order chi connectivity index (χ1) is 7.40. The third kappa shape index (κ3) is 3.83. The van der Waals surface area contributed by atoms with Gasteiger partial charge >= 0.3 is 6.03 Å². The van der Waals surface area contributed by atoms with Crippen molar-refractivity contribution >= 4 is 35.1 Å². The number of nitrogens with one attached hydrogen (secondary N) is 2. The summed E-state index contributed by atoms with van der Waals surface area (Å²) < 4.78 is 0. The van der Waals surface area contributed by atoms with Crippen molar-refractivity contribution in [1.82, 2.24) is 10.6 Å². The van der Waals surface area contributed by atoms with Crippen molar-refractivity contribution in [3.05, 3.63) is 0 Å². The van der Waals surface area contributed by atoms with Crippen molar-refractivity contribution in [2.75, 3.05) is 0 Å². The van der Waals surface area contributed by atoms with E-state index < -0.39 is 17.5 Å². The van der Waals surface area contributed by atoms with Crippen molar-refractivity contribution in [3.63, 3.8) is 0 Å². The van der Waals surface area contributed by atoms with Gasteiger partial charge in [-0.1, -0.05) is 13.8 Å². The maximum absolute atomic E-state index is 11.3. The molecule has 1 aliphatic rings. The average Bonchev–Trinajstić information content (AvgIpc) is 2.43. The van der Waals surface area contributed by atoms with E-state index in [1.54, 1.807) is 0 Å². The minimum Gasteiger partial charge on any atom is -0.324 e. The Kier molecular flexibility index (Phi) is 4.87. The lowest BCUT2D eigenvalue weighted by Gasteiger charge is -2.18. The molecular weight excluding hydrogens is 251 g/mol. The summed E-state index contributed by atoms with van der Waals surface area (Å²) in [7, 11) is 0. The number of rotatable bonds is 5. The molecule has 0 aromatic carbocycles. The van der Waals surface area contributed by atoms with Gasteiger partial charge in [-0.25, -0.2) is 4.79 Å². The van der Waals surface area contributed by atoms with E-state index in [2.05, 4.69) is 24.5 Å². The van der Waals surface area contributed by atoms with Crippen LogP contribution in [0.4, 0.5) is 4.79 Å². The van der Waals surface area contributed by atoms with Crippen LogP contribution in [0.2, 0.25) is 0 Å². The molecule has 0 radical (unpaired) electrons. The van der Waals surface area contributed by atoms with Gasteiger partial charge in [-0.2, -0.15) is 0 Å². The predicted octanol–water partition coefficient (Wildman–Crippen LogP) is 1.85. The van der Waals surface area contributed by atoms with Gasteiger partial charge in [0.1, 0.15) is 6.04 Å². The van der Waals surface area contributed by atoms with E-state index in [-0.39, 0.29) is 11.3 Å². The molecule has 4 nitrogen and oxygen atoms in total. The molecule has 1 heterocycles. The van der Waals surface area contributed by atoms with Crippen molar-refractivity contribution in [2.45, 2.75) is 43.5 Å². The van der Waals surface area contributed by atoms with Crippen LogP contribution >= 0.6 is 23.2 Å². The zero-order chi connectivity index (χ0) is 12.3. The summed E-state index contributed by atoms with van der Waals surface area (Å²) in [5, 5.41) is 4.08. The predicted molar refractivity (Wildman–Crippen MR) is 63.8 cm³/mol. The van der Waals surface area contributed by atoms with Gasteiger partial charge in [-0.3, -0.25) is 10.1 Å². The number of carbonyl (C=O) groups excluding carboxylic acids is 2. The van der Waals surface area contributed by atoms with Crippen molar-refractivity contribution < 1.29 is 9.59 Å². The van der Waals surface area contributed by atoms with E-state index in [4.69, 9.17) is 23.2 Å². The van der Waals surface area contributed by atoms with Crippen molar-refractivity contribution in [2.24, 2.45) is 5.92 Å². The van der Waals surface area contributed by atoms with Crippen molar-refractivity contribution in [1.29, 1.82) is 0 Å². The number of hydrogen-bond acceptors (Lipinski definition) is 2. The van der Waals surface area contributed by atoms with Crippen LogP contribution in [-0.4, -0.2) is 28.7 Å². The lowest BCUT2D eigenvalue weighted by Crippen LogP contribution is -2.39. The van der Waals surface area contributed by atoms with Crippen LogP contribution in [0.5, 0.6) is 0 Å². The Bertz CT molecular complexity index is 284. The summed E-state index contributed by atoms with van der Waals surface area (Å²) in [6.45, 7) is 4.14. The second kappa shape index (κ2) is 5.73. The molecule has 0 bridgehead atoms. The van der Waals surface area contributed by atoms with Crippen LogP contribution in [0, 0.1) is 5.92 Å². The maximum Gasteiger partial charge on any atom is 0.322 e. The number of hydrogen-bond donors (Lipinski definition) is 2. The summed E-state index contributed by atoms with van der Waals surface area (Å²) in [6, 6.07) is -1.15. The monoisotopic (exact) mass is 266 g/mol. The van der Waals surface area contributed by atoms with Crippen LogP contribution in [0.25, 0.3) is 0 Å². The molecular formula is C10H16Cl2N2O2. The lowest BCUT2D eigenvalue weighted by molar-refractivity contribution is -0.120. The topological polar surface area (TPSA) is 58.2 Å². The van der Waals surface area contributed by atoms with Gasteiger partial charge in [-0.05, 0) is 18.8 Å². The SMILES string of the molecule is CC(C)CC(Cl)CC(Cl)C1NC(=O)NC1=O. The number of alkyl halides is 2. The molecule has 0 aliphatic carbocycles. The molecule has 0 saturated carbocycles. The number of halogens is 2. The first kappa shape index (κ1) is 13.6. The van der Waals surface area contributed by atoms with Gasteiger partial charge in [0.15, 0.2) is 0 Å². The smallest absolute Gasteiger partial charge is 0.322 e. The van der Waals surface area contributed by atoms with E-state index in [9.17, 15) is 9.59 Å². The average molecular weight is 267 g/mol. The fourth-order valence-corrected chi connectivity index (χ4v) is 2.71. The van der Waals surface area contributed by atoms with E-state index >= 15 is 0 Å². The Hall–Kier alpha value is -0.480. The van der Waals surface area contributed by atoms with Crippen LogP contribution in [0.15, 0.2) is 0 Å². The van der Waals surface area contributed by atoms with Gasteiger partial charge in [0.25, 0.3) is 5.91 Å².